The number of carbonyl (C=O) groups excluding carboxylic acids is 1. The molecular formula is C17H12F2N2O2. The molecule has 3 rings (SSSR count). The Hall–Kier alpha value is -3.02. The minimum absolute atomic E-state index is 0.124. The van der Waals surface area contributed by atoms with Crippen molar-refractivity contribution in [1.29, 1.82) is 0 Å². The van der Waals surface area contributed by atoms with Crippen molar-refractivity contribution in [3.8, 4) is 5.75 Å². The predicted molar refractivity (Wildman–Crippen MR) is 82.0 cm³/mol. The highest BCUT2D eigenvalue weighted by Crippen LogP contribution is 2.21. The Labute approximate surface area is 131 Å². The summed E-state index contributed by atoms with van der Waals surface area (Å²) in [5, 5.41) is 2.60. The number of halogens is 2. The molecule has 0 aliphatic carbocycles. The van der Waals surface area contributed by atoms with E-state index in [9.17, 15) is 13.6 Å². The van der Waals surface area contributed by atoms with Gasteiger partial charge in [-0.05, 0) is 48.0 Å². The number of benzene rings is 2. The Balaban J connectivity index is 1.91. The van der Waals surface area contributed by atoms with E-state index in [1.54, 1.807) is 6.07 Å². The molecule has 1 aliphatic heterocycles. The maximum Gasteiger partial charge on any atom is 0.275 e. The largest absolute Gasteiger partial charge is 0.494 e. The zero-order chi connectivity index (χ0) is 16.4. The quantitative estimate of drug-likeness (QED) is 0.886. The fraction of sp³-hybridized carbons (Fsp3) is 0.0588. The van der Waals surface area contributed by atoms with Crippen molar-refractivity contribution in [2.75, 3.05) is 7.11 Å². The van der Waals surface area contributed by atoms with Crippen LogP contribution >= 0.6 is 0 Å². The Bertz CT molecular complexity index is 827. The van der Waals surface area contributed by atoms with Crippen LogP contribution in [-0.2, 0) is 4.79 Å². The first kappa shape index (κ1) is 14.9. The molecule has 6 heteroatoms. The lowest BCUT2D eigenvalue weighted by Gasteiger charge is -2.02. The molecule has 1 aliphatic rings. The molecule has 0 radical (unpaired) electrons. The zero-order valence-corrected chi connectivity index (χ0v) is 12.1. The molecule has 2 aromatic rings. The van der Waals surface area contributed by atoms with E-state index in [0.717, 1.165) is 0 Å². The lowest BCUT2D eigenvalue weighted by Crippen LogP contribution is -2.24. The third kappa shape index (κ3) is 3.11. The third-order valence-electron chi connectivity index (χ3n) is 3.29. The number of nitrogens with one attached hydrogen (secondary N) is 1. The molecule has 1 amide bonds. The molecule has 0 spiro atoms. The zero-order valence-electron chi connectivity index (χ0n) is 12.1. The first-order valence-corrected chi connectivity index (χ1v) is 6.78. The lowest BCUT2D eigenvalue weighted by molar-refractivity contribution is -0.115. The van der Waals surface area contributed by atoms with Crippen LogP contribution in [0.2, 0.25) is 0 Å². The lowest BCUT2D eigenvalue weighted by atomic mass is 10.2. The maximum atomic E-state index is 13.7. The van der Waals surface area contributed by atoms with Gasteiger partial charge in [-0.1, -0.05) is 6.07 Å². The molecule has 0 bridgehead atoms. The van der Waals surface area contributed by atoms with Crippen LogP contribution in [0.25, 0.3) is 6.08 Å². The number of rotatable bonds is 3. The summed E-state index contributed by atoms with van der Waals surface area (Å²) in [6.07, 6.45) is 1.47. The van der Waals surface area contributed by atoms with Gasteiger partial charge in [0.1, 0.15) is 17.3 Å². The smallest absolute Gasteiger partial charge is 0.275 e. The Morgan fingerprint density at radius 2 is 1.87 bits per heavy atom. The molecule has 2 aromatic carbocycles. The third-order valence-corrected chi connectivity index (χ3v) is 3.29. The molecule has 116 valence electrons. The minimum atomic E-state index is -0.525. The maximum absolute atomic E-state index is 13.7. The molecular weight excluding hydrogens is 302 g/mol. The SMILES string of the molecule is COc1ccc(/C=C2/N=C(c3ccc(F)cc3)NC2=O)cc1F. The summed E-state index contributed by atoms with van der Waals surface area (Å²) in [4.78, 5) is 16.1. The highest BCUT2D eigenvalue weighted by atomic mass is 19.1. The predicted octanol–water partition coefficient (Wildman–Crippen LogP) is 2.89. The van der Waals surface area contributed by atoms with Crippen molar-refractivity contribution in [3.63, 3.8) is 0 Å². The molecule has 23 heavy (non-hydrogen) atoms. The minimum Gasteiger partial charge on any atom is -0.494 e. The number of amidine groups is 1. The summed E-state index contributed by atoms with van der Waals surface area (Å²) in [6, 6.07) is 9.95. The van der Waals surface area contributed by atoms with E-state index in [1.807, 2.05) is 0 Å². The average molecular weight is 314 g/mol. The second-order valence-electron chi connectivity index (χ2n) is 4.84. The summed E-state index contributed by atoms with van der Waals surface area (Å²) in [6.45, 7) is 0. The van der Waals surface area contributed by atoms with Gasteiger partial charge in [0, 0.05) is 5.56 Å². The highest BCUT2D eigenvalue weighted by Gasteiger charge is 2.21. The summed E-state index contributed by atoms with van der Waals surface area (Å²) < 4.78 is 31.4. The fourth-order valence-corrected chi connectivity index (χ4v) is 2.14. The van der Waals surface area contributed by atoms with Gasteiger partial charge in [0.15, 0.2) is 11.6 Å². The van der Waals surface area contributed by atoms with Crippen LogP contribution < -0.4 is 10.1 Å². The summed E-state index contributed by atoms with van der Waals surface area (Å²) in [5.74, 6) is -0.847. The molecule has 1 N–H and O–H groups in total. The van der Waals surface area contributed by atoms with Crippen LogP contribution in [0.3, 0.4) is 0 Å². The first-order valence-electron chi connectivity index (χ1n) is 6.78. The van der Waals surface area contributed by atoms with Crippen LogP contribution in [0, 0.1) is 11.6 Å². The monoisotopic (exact) mass is 314 g/mol. The second-order valence-corrected chi connectivity index (χ2v) is 4.84. The van der Waals surface area contributed by atoms with Gasteiger partial charge in [0.05, 0.1) is 7.11 Å². The van der Waals surface area contributed by atoms with Crippen molar-refractivity contribution in [3.05, 3.63) is 70.9 Å². The van der Waals surface area contributed by atoms with Crippen molar-refractivity contribution in [2.24, 2.45) is 4.99 Å². The second kappa shape index (κ2) is 6.00. The van der Waals surface area contributed by atoms with E-state index in [-0.39, 0.29) is 17.3 Å². The van der Waals surface area contributed by atoms with Crippen LogP contribution in [-0.4, -0.2) is 18.9 Å². The van der Waals surface area contributed by atoms with E-state index in [2.05, 4.69) is 10.3 Å². The molecule has 0 saturated carbocycles. The van der Waals surface area contributed by atoms with Crippen molar-refractivity contribution in [1.82, 2.24) is 5.32 Å². The normalized spacial score (nSPS) is 15.5. The number of hydrogen-bond donors (Lipinski definition) is 1. The summed E-state index contributed by atoms with van der Waals surface area (Å²) in [7, 11) is 1.38. The van der Waals surface area contributed by atoms with Gasteiger partial charge in [-0.25, -0.2) is 13.8 Å². The highest BCUT2D eigenvalue weighted by molar-refractivity contribution is 6.19. The number of ether oxygens (including phenoxy) is 1. The van der Waals surface area contributed by atoms with E-state index in [0.29, 0.717) is 17.0 Å². The number of methoxy groups -OCH3 is 1. The molecule has 1 heterocycles. The first-order chi connectivity index (χ1) is 11.1. The number of carbonyl (C=O) groups is 1. The van der Waals surface area contributed by atoms with Gasteiger partial charge in [-0.2, -0.15) is 0 Å². The molecule has 0 aromatic heterocycles. The van der Waals surface area contributed by atoms with Gasteiger partial charge < -0.3 is 10.1 Å². The number of nitrogens with zero attached hydrogens (tertiary/aromatic N) is 1. The van der Waals surface area contributed by atoms with E-state index < -0.39 is 11.7 Å². The topological polar surface area (TPSA) is 50.7 Å². The van der Waals surface area contributed by atoms with Crippen LogP contribution in [0.1, 0.15) is 11.1 Å². The summed E-state index contributed by atoms with van der Waals surface area (Å²) in [5.41, 5.74) is 1.22. The summed E-state index contributed by atoms with van der Waals surface area (Å²) >= 11 is 0. The number of aliphatic imine (C=N–C) groups is 1. The van der Waals surface area contributed by atoms with Crippen LogP contribution in [0.15, 0.2) is 53.2 Å². The van der Waals surface area contributed by atoms with Crippen LogP contribution in [0.4, 0.5) is 8.78 Å². The number of amides is 1. The molecule has 0 unspecified atom stereocenters. The van der Waals surface area contributed by atoms with Crippen LogP contribution in [0.5, 0.6) is 5.75 Å². The molecule has 0 fully saturated rings. The van der Waals surface area contributed by atoms with Crippen molar-refractivity contribution in [2.45, 2.75) is 0 Å². The van der Waals surface area contributed by atoms with Gasteiger partial charge in [0.25, 0.3) is 5.91 Å². The van der Waals surface area contributed by atoms with Crippen molar-refractivity contribution < 1.29 is 18.3 Å². The van der Waals surface area contributed by atoms with Gasteiger partial charge >= 0.3 is 0 Å². The fourth-order valence-electron chi connectivity index (χ4n) is 2.14. The number of hydrogen-bond acceptors (Lipinski definition) is 3. The van der Waals surface area contributed by atoms with Crippen molar-refractivity contribution >= 4 is 17.8 Å². The molecule has 0 saturated heterocycles. The van der Waals surface area contributed by atoms with Gasteiger partial charge in [-0.3, -0.25) is 4.79 Å². The molecule has 0 atom stereocenters. The van der Waals surface area contributed by atoms with E-state index >= 15 is 0 Å². The molecule has 4 nitrogen and oxygen atoms in total. The van der Waals surface area contributed by atoms with Gasteiger partial charge in [0.2, 0.25) is 0 Å². The Kier molecular flexibility index (Phi) is 3.89. The average Bonchev–Trinajstić information content (AvgIpc) is 2.89. The Morgan fingerprint density at radius 1 is 1.13 bits per heavy atom. The van der Waals surface area contributed by atoms with E-state index in [4.69, 9.17) is 4.74 Å². The Morgan fingerprint density at radius 3 is 2.52 bits per heavy atom. The van der Waals surface area contributed by atoms with E-state index in [1.165, 1.54) is 49.6 Å². The standard InChI is InChI=1S/C17H12F2N2O2/c1-23-15-7-2-10(8-13(15)19)9-14-17(22)21-16(20-14)11-3-5-12(18)6-4-11/h2-9H,1H3,(H,20,21,22)/b14-9+. The van der Waals surface area contributed by atoms with Gasteiger partial charge in [-0.15, -0.1) is 0 Å².